The van der Waals surface area contributed by atoms with Crippen molar-refractivity contribution in [1.29, 1.82) is 0 Å². The molecule has 4 rings (SSSR count). The van der Waals surface area contributed by atoms with E-state index in [1.807, 2.05) is 47.5 Å². The molecule has 0 saturated heterocycles. The third-order valence-electron chi connectivity index (χ3n) is 3.87. The van der Waals surface area contributed by atoms with Gasteiger partial charge < -0.3 is 0 Å². The van der Waals surface area contributed by atoms with Crippen molar-refractivity contribution in [2.24, 2.45) is 0 Å². The van der Waals surface area contributed by atoms with Gasteiger partial charge in [0.05, 0.1) is 0 Å². The lowest BCUT2D eigenvalue weighted by molar-refractivity contribution is 0.0989. The minimum absolute atomic E-state index is 0.0555. The molecular weight excluding hydrogens is 362 g/mol. The van der Waals surface area contributed by atoms with E-state index in [1.54, 1.807) is 11.3 Å². The first-order valence-corrected chi connectivity index (χ1v) is 8.51. The van der Waals surface area contributed by atoms with Crippen molar-refractivity contribution < 1.29 is 4.79 Å². The molecule has 4 nitrogen and oxygen atoms in total. The standard InChI is InChI=1S/C16H12BrN3OS/c1-9-13-14(19-18-9)16(21)20(11-6-4-10(17)5-7-11)15(13)12-3-2-8-22-12/h2-8,15H,1H3,(H,18,19). The lowest BCUT2D eigenvalue weighted by Gasteiger charge is -2.25. The van der Waals surface area contributed by atoms with Gasteiger partial charge in [0, 0.05) is 26.3 Å². The van der Waals surface area contributed by atoms with Crippen LogP contribution < -0.4 is 4.90 Å². The predicted octanol–water partition coefficient (Wildman–Crippen LogP) is 4.29. The number of carbonyl (C=O) groups excluding carboxylic acids is 1. The van der Waals surface area contributed by atoms with Gasteiger partial charge in [0.1, 0.15) is 6.04 Å². The highest BCUT2D eigenvalue weighted by molar-refractivity contribution is 9.10. The van der Waals surface area contributed by atoms with Gasteiger partial charge in [-0.1, -0.05) is 22.0 Å². The molecule has 2 aromatic heterocycles. The van der Waals surface area contributed by atoms with Crippen LogP contribution in [0.25, 0.3) is 0 Å². The first-order valence-electron chi connectivity index (χ1n) is 6.84. The average Bonchev–Trinajstić information content (AvgIpc) is 3.20. The topological polar surface area (TPSA) is 49.0 Å². The molecule has 1 unspecified atom stereocenters. The van der Waals surface area contributed by atoms with Crippen molar-refractivity contribution >= 4 is 38.9 Å². The highest BCUT2D eigenvalue weighted by Crippen LogP contribution is 2.43. The van der Waals surface area contributed by atoms with E-state index < -0.39 is 0 Å². The van der Waals surface area contributed by atoms with Crippen LogP contribution >= 0.6 is 27.3 Å². The largest absolute Gasteiger partial charge is 0.294 e. The Morgan fingerprint density at radius 2 is 2.05 bits per heavy atom. The summed E-state index contributed by atoms with van der Waals surface area (Å²) in [6.45, 7) is 1.96. The number of aromatic nitrogens is 2. The Morgan fingerprint density at radius 3 is 2.73 bits per heavy atom. The summed E-state index contributed by atoms with van der Waals surface area (Å²) in [5, 5.41) is 9.19. The summed E-state index contributed by atoms with van der Waals surface area (Å²) in [7, 11) is 0. The van der Waals surface area contributed by atoms with Gasteiger partial charge in [0.15, 0.2) is 5.69 Å². The number of hydrogen-bond donors (Lipinski definition) is 1. The zero-order valence-electron chi connectivity index (χ0n) is 11.7. The lowest BCUT2D eigenvalue weighted by atomic mass is 10.1. The van der Waals surface area contributed by atoms with Crippen molar-refractivity contribution in [3.05, 3.63) is 68.1 Å². The van der Waals surface area contributed by atoms with Crippen LogP contribution in [-0.2, 0) is 0 Å². The summed E-state index contributed by atoms with van der Waals surface area (Å²) in [5.41, 5.74) is 3.33. The predicted molar refractivity (Wildman–Crippen MR) is 90.4 cm³/mol. The number of carbonyl (C=O) groups is 1. The van der Waals surface area contributed by atoms with Gasteiger partial charge in [-0.15, -0.1) is 11.3 Å². The van der Waals surface area contributed by atoms with Gasteiger partial charge in [-0.3, -0.25) is 14.8 Å². The fourth-order valence-corrected chi connectivity index (χ4v) is 3.97. The molecule has 1 N–H and O–H groups in total. The van der Waals surface area contributed by atoms with E-state index in [1.165, 1.54) is 0 Å². The SMILES string of the molecule is Cc1[nH]nc2c1C(c1cccs1)N(c1ccc(Br)cc1)C2=O. The Balaban J connectivity index is 1.90. The van der Waals surface area contributed by atoms with E-state index in [0.717, 1.165) is 26.3 Å². The number of hydrogen-bond acceptors (Lipinski definition) is 3. The monoisotopic (exact) mass is 373 g/mol. The number of amides is 1. The molecule has 0 aliphatic carbocycles. The molecule has 1 atom stereocenters. The second kappa shape index (κ2) is 5.07. The van der Waals surface area contributed by atoms with Crippen LogP contribution in [0.1, 0.15) is 32.7 Å². The Kier molecular flexibility index (Phi) is 3.16. The summed E-state index contributed by atoms with van der Waals surface area (Å²) in [5.74, 6) is -0.0555. The molecule has 0 bridgehead atoms. The molecule has 0 fully saturated rings. The molecule has 22 heavy (non-hydrogen) atoms. The maximum atomic E-state index is 12.8. The van der Waals surface area contributed by atoms with E-state index in [0.29, 0.717) is 5.69 Å². The number of thiophene rings is 1. The first-order chi connectivity index (χ1) is 10.7. The zero-order chi connectivity index (χ0) is 15.3. The summed E-state index contributed by atoms with van der Waals surface area (Å²) >= 11 is 5.09. The van der Waals surface area contributed by atoms with Crippen LogP contribution in [0.4, 0.5) is 5.69 Å². The van der Waals surface area contributed by atoms with Crippen LogP contribution in [-0.4, -0.2) is 16.1 Å². The van der Waals surface area contributed by atoms with Crippen LogP contribution in [0.2, 0.25) is 0 Å². The molecule has 1 amide bonds. The maximum Gasteiger partial charge on any atom is 0.280 e. The molecule has 0 saturated carbocycles. The fraction of sp³-hybridized carbons (Fsp3) is 0.125. The summed E-state index contributed by atoms with van der Waals surface area (Å²) < 4.78 is 0.991. The van der Waals surface area contributed by atoms with E-state index in [9.17, 15) is 4.79 Å². The zero-order valence-corrected chi connectivity index (χ0v) is 14.1. The van der Waals surface area contributed by atoms with Gasteiger partial charge in [-0.05, 0) is 42.6 Å². The molecule has 0 radical (unpaired) electrons. The molecule has 1 aromatic carbocycles. The van der Waals surface area contributed by atoms with E-state index in [-0.39, 0.29) is 11.9 Å². The number of aryl methyl sites for hydroxylation is 1. The normalized spacial score (nSPS) is 17.1. The number of halogens is 1. The summed E-state index contributed by atoms with van der Waals surface area (Å²) in [6, 6.07) is 11.8. The van der Waals surface area contributed by atoms with Crippen molar-refractivity contribution in [3.63, 3.8) is 0 Å². The second-order valence-electron chi connectivity index (χ2n) is 5.18. The van der Waals surface area contributed by atoms with Gasteiger partial charge in [0.25, 0.3) is 5.91 Å². The van der Waals surface area contributed by atoms with E-state index >= 15 is 0 Å². The van der Waals surface area contributed by atoms with Crippen LogP contribution in [0.3, 0.4) is 0 Å². The van der Waals surface area contributed by atoms with Gasteiger partial charge in [-0.2, -0.15) is 5.10 Å². The molecule has 0 spiro atoms. The second-order valence-corrected chi connectivity index (χ2v) is 7.08. The molecule has 3 aromatic rings. The molecular formula is C16H12BrN3OS. The van der Waals surface area contributed by atoms with Crippen molar-refractivity contribution in [1.82, 2.24) is 10.2 Å². The Labute approximate surface area is 139 Å². The van der Waals surface area contributed by atoms with E-state index in [4.69, 9.17) is 0 Å². The smallest absolute Gasteiger partial charge is 0.280 e. The van der Waals surface area contributed by atoms with Gasteiger partial charge >= 0.3 is 0 Å². The minimum atomic E-state index is -0.109. The number of anilines is 1. The number of H-pyrrole nitrogens is 1. The summed E-state index contributed by atoms with van der Waals surface area (Å²) in [6.07, 6.45) is 0. The Morgan fingerprint density at radius 1 is 1.27 bits per heavy atom. The molecule has 110 valence electrons. The number of rotatable bonds is 2. The van der Waals surface area contributed by atoms with E-state index in [2.05, 4.69) is 32.2 Å². The molecule has 6 heteroatoms. The van der Waals surface area contributed by atoms with Gasteiger partial charge in [0.2, 0.25) is 0 Å². The highest BCUT2D eigenvalue weighted by Gasteiger charge is 2.42. The Bertz CT molecular complexity index is 839. The van der Waals surface area contributed by atoms with Crippen molar-refractivity contribution in [2.45, 2.75) is 13.0 Å². The average molecular weight is 374 g/mol. The lowest BCUT2D eigenvalue weighted by Crippen LogP contribution is -2.28. The number of fused-ring (bicyclic) bond motifs is 1. The molecule has 1 aliphatic heterocycles. The Hall–Kier alpha value is -1.92. The third kappa shape index (κ3) is 1.94. The quantitative estimate of drug-likeness (QED) is 0.728. The number of aromatic amines is 1. The first kappa shape index (κ1) is 13.7. The third-order valence-corrected chi connectivity index (χ3v) is 5.32. The number of benzene rings is 1. The summed E-state index contributed by atoms with van der Waals surface area (Å²) in [4.78, 5) is 15.8. The van der Waals surface area contributed by atoms with Crippen molar-refractivity contribution in [2.75, 3.05) is 4.90 Å². The minimum Gasteiger partial charge on any atom is -0.294 e. The highest BCUT2D eigenvalue weighted by atomic mass is 79.9. The van der Waals surface area contributed by atoms with Crippen LogP contribution in [0.15, 0.2) is 46.3 Å². The number of nitrogens with zero attached hydrogens (tertiary/aromatic N) is 2. The van der Waals surface area contributed by atoms with Crippen molar-refractivity contribution in [3.8, 4) is 0 Å². The molecule has 3 heterocycles. The van der Waals surface area contributed by atoms with Crippen LogP contribution in [0, 0.1) is 6.92 Å². The number of nitrogens with one attached hydrogen (secondary N) is 1. The van der Waals surface area contributed by atoms with Crippen LogP contribution in [0.5, 0.6) is 0 Å². The van der Waals surface area contributed by atoms with Gasteiger partial charge in [-0.25, -0.2) is 0 Å². The maximum absolute atomic E-state index is 12.8. The molecule has 1 aliphatic rings. The fourth-order valence-electron chi connectivity index (χ4n) is 2.88.